The van der Waals surface area contributed by atoms with Crippen LogP contribution in [0.2, 0.25) is 0 Å². The topological polar surface area (TPSA) is 67.4 Å². The van der Waals surface area contributed by atoms with Gasteiger partial charge in [-0.15, -0.1) is 0 Å². The number of fused-ring (bicyclic) bond motifs is 1. The molecule has 1 atom stereocenters. The van der Waals surface area contributed by atoms with E-state index in [1.54, 1.807) is 19.1 Å². The maximum Gasteiger partial charge on any atom is 0.265 e. The molecule has 3 rings (SSSR count). The van der Waals surface area contributed by atoms with E-state index in [9.17, 15) is 9.59 Å². The highest BCUT2D eigenvalue weighted by molar-refractivity contribution is 5.98. The van der Waals surface area contributed by atoms with Crippen LogP contribution in [0.15, 0.2) is 36.4 Å². The molecule has 5 nitrogen and oxygen atoms in total. The molecule has 0 aliphatic carbocycles. The number of amides is 2. The third-order valence-corrected chi connectivity index (χ3v) is 4.01. The number of benzene rings is 2. The molecule has 0 saturated carbocycles. The molecule has 0 aromatic heterocycles. The molecule has 1 heterocycles. The van der Waals surface area contributed by atoms with Crippen molar-refractivity contribution in [2.75, 3.05) is 10.6 Å². The number of ether oxygens (including phenoxy) is 1. The summed E-state index contributed by atoms with van der Waals surface area (Å²) in [5.74, 6) is 0.348. The average Bonchev–Trinajstić information content (AvgIpc) is 2.52. The Hall–Kier alpha value is -2.82. The van der Waals surface area contributed by atoms with Gasteiger partial charge in [-0.05, 0) is 55.7 Å². The summed E-state index contributed by atoms with van der Waals surface area (Å²) >= 11 is 0. The molecule has 2 aromatic carbocycles. The lowest BCUT2D eigenvalue weighted by Crippen LogP contribution is -2.34. The summed E-state index contributed by atoms with van der Waals surface area (Å²) in [4.78, 5) is 24.0. The van der Waals surface area contributed by atoms with Crippen molar-refractivity contribution in [1.82, 2.24) is 0 Å². The van der Waals surface area contributed by atoms with E-state index in [4.69, 9.17) is 4.74 Å². The van der Waals surface area contributed by atoms with Gasteiger partial charge in [0, 0.05) is 5.69 Å². The second-order valence-corrected chi connectivity index (χ2v) is 6.12. The zero-order valence-electron chi connectivity index (χ0n) is 14.0. The van der Waals surface area contributed by atoms with Crippen LogP contribution in [0.5, 0.6) is 5.75 Å². The van der Waals surface area contributed by atoms with Gasteiger partial charge in [0.1, 0.15) is 5.75 Å². The molecule has 0 radical (unpaired) electrons. The molecule has 1 aliphatic rings. The van der Waals surface area contributed by atoms with E-state index < -0.39 is 6.10 Å². The van der Waals surface area contributed by atoms with Crippen LogP contribution in [-0.2, 0) is 16.0 Å². The molecule has 0 saturated heterocycles. The lowest BCUT2D eigenvalue weighted by molar-refractivity contribution is -0.122. The number of aryl methyl sites for hydroxylation is 2. The summed E-state index contributed by atoms with van der Waals surface area (Å²) in [5.41, 5.74) is 4.36. The molecule has 2 aromatic rings. The van der Waals surface area contributed by atoms with E-state index in [0.29, 0.717) is 11.4 Å². The van der Waals surface area contributed by atoms with Gasteiger partial charge in [-0.25, -0.2) is 0 Å². The Labute approximate surface area is 141 Å². The van der Waals surface area contributed by atoms with Crippen molar-refractivity contribution in [3.63, 3.8) is 0 Å². The fourth-order valence-corrected chi connectivity index (χ4v) is 2.62. The lowest BCUT2D eigenvalue weighted by Gasteiger charge is -2.23. The molecular formula is C19H20N2O3. The Kier molecular flexibility index (Phi) is 4.25. The average molecular weight is 324 g/mol. The number of hydrogen-bond acceptors (Lipinski definition) is 3. The molecule has 0 spiro atoms. The first-order chi connectivity index (χ1) is 11.4. The van der Waals surface area contributed by atoms with Gasteiger partial charge >= 0.3 is 0 Å². The highest BCUT2D eigenvalue weighted by Gasteiger charge is 2.23. The fourth-order valence-electron chi connectivity index (χ4n) is 2.62. The third-order valence-electron chi connectivity index (χ3n) is 4.01. The van der Waals surface area contributed by atoms with Crippen molar-refractivity contribution in [3.8, 4) is 5.75 Å². The molecule has 2 N–H and O–H groups in total. The van der Waals surface area contributed by atoms with Crippen molar-refractivity contribution in [1.29, 1.82) is 0 Å². The van der Waals surface area contributed by atoms with E-state index in [2.05, 4.69) is 10.6 Å². The van der Waals surface area contributed by atoms with E-state index >= 15 is 0 Å². The Morgan fingerprint density at radius 1 is 1.21 bits per heavy atom. The number of carbonyl (C=O) groups is 2. The number of rotatable bonds is 3. The molecule has 1 unspecified atom stereocenters. The first-order valence-electron chi connectivity index (χ1n) is 7.90. The minimum atomic E-state index is -0.504. The number of carbonyl (C=O) groups excluding carboxylic acids is 2. The summed E-state index contributed by atoms with van der Waals surface area (Å²) < 4.78 is 5.52. The maximum absolute atomic E-state index is 12.3. The quantitative estimate of drug-likeness (QED) is 0.911. The van der Waals surface area contributed by atoms with E-state index in [1.165, 1.54) is 0 Å². The minimum absolute atomic E-state index is 0.0972. The SMILES string of the molecule is Cc1ccc(C)c(NC(=O)Cc2ccc3c(c2)NC(=O)C(C)O3)c1. The second-order valence-electron chi connectivity index (χ2n) is 6.12. The van der Waals surface area contributed by atoms with Gasteiger partial charge in [0.15, 0.2) is 6.10 Å². The summed E-state index contributed by atoms with van der Waals surface area (Å²) in [6.07, 6.45) is -0.275. The van der Waals surface area contributed by atoms with Crippen LogP contribution < -0.4 is 15.4 Å². The third kappa shape index (κ3) is 3.40. The van der Waals surface area contributed by atoms with Crippen LogP contribution in [0.1, 0.15) is 23.6 Å². The van der Waals surface area contributed by atoms with Gasteiger partial charge in [-0.3, -0.25) is 9.59 Å². The van der Waals surface area contributed by atoms with Crippen LogP contribution in [-0.4, -0.2) is 17.9 Å². The Morgan fingerprint density at radius 3 is 2.79 bits per heavy atom. The molecule has 1 aliphatic heterocycles. The Balaban J connectivity index is 1.72. The molecule has 24 heavy (non-hydrogen) atoms. The van der Waals surface area contributed by atoms with E-state index in [1.807, 2.05) is 38.1 Å². The van der Waals surface area contributed by atoms with Gasteiger partial charge in [-0.1, -0.05) is 18.2 Å². The summed E-state index contributed by atoms with van der Waals surface area (Å²) in [7, 11) is 0. The van der Waals surface area contributed by atoms with Crippen LogP contribution in [0.4, 0.5) is 11.4 Å². The van der Waals surface area contributed by atoms with Gasteiger partial charge in [0.25, 0.3) is 5.91 Å². The smallest absolute Gasteiger partial charge is 0.265 e. The van der Waals surface area contributed by atoms with Crippen LogP contribution >= 0.6 is 0 Å². The normalized spacial score (nSPS) is 16.0. The zero-order chi connectivity index (χ0) is 17.3. The Bertz CT molecular complexity index is 814. The molecule has 0 bridgehead atoms. The molecule has 124 valence electrons. The molecule has 0 fully saturated rings. The predicted octanol–water partition coefficient (Wildman–Crippen LogP) is 3.20. The zero-order valence-corrected chi connectivity index (χ0v) is 14.0. The van der Waals surface area contributed by atoms with Gasteiger partial charge < -0.3 is 15.4 Å². The lowest BCUT2D eigenvalue weighted by atomic mass is 10.1. The number of hydrogen-bond donors (Lipinski definition) is 2. The van der Waals surface area contributed by atoms with Crippen molar-refractivity contribution in [2.45, 2.75) is 33.3 Å². The van der Waals surface area contributed by atoms with Gasteiger partial charge in [0.05, 0.1) is 12.1 Å². The van der Waals surface area contributed by atoms with Crippen LogP contribution in [0, 0.1) is 13.8 Å². The Morgan fingerprint density at radius 2 is 2.00 bits per heavy atom. The maximum atomic E-state index is 12.3. The highest BCUT2D eigenvalue weighted by atomic mass is 16.5. The summed E-state index contributed by atoms with van der Waals surface area (Å²) in [5, 5.41) is 5.73. The van der Waals surface area contributed by atoms with Crippen LogP contribution in [0.3, 0.4) is 0 Å². The molecule has 2 amide bonds. The van der Waals surface area contributed by atoms with Crippen molar-refractivity contribution in [2.24, 2.45) is 0 Å². The largest absolute Gasteiger partial charge is 0.479 e. The van der Waals surface area contributed by atoms with Crippen molar-refractivity contribution in [3.05, 3.63) is 53.1 Å². The number of anilines is 2. The fraction of sp³-hybridized carbons (Fsp3) is 0.263. The van der Waals surface area contributed by atoms with Gasteiger partial charge in [-0.2, -0.15) is 0 Å². The molecular weight excluding hydrogens is 304 g/mol. The van der Waals surface area contributed by atoms with Crippen molar-refractivity contribution >= 4 is 23.2 Å². The summed E-state index contributed by atoms with van der Waals surface area (Å²) in [6, 6.07) is 11.4. The monoisotopic (exact) mass is 324 g/mol. The minimum Gasteiger partial charge on any atom is -0.479 e. The van der Waals surface area contributed by atoms with E-state index in [0.717, 1.165) is 22.4 Å². The van der Waals surface area contributed by atoms with Crippen molar-refractivity contribution < 1.29 is 14.3 Å². The van der Waals surface area contributed by atoms with E-state index in [-0.39, 0.29) is 18.2 Å². The van der Waals surface area contributed by atoms with Crippen LogP contribution in [0.25, 0.3) is 0 Å². The standard InChI is InChI=1S/C19H20N2O3/c1-11-4-5-12(2)15(8-11)20-18(22)10-14-6-7-17-16(9-14)21-19(23)13(3)24-17/h4-9,13H,10H2,1-3H3,(H,20,22)(H,21,23). The second kappa shape index (κ2) is 6.35. The first kappa shape index (κ1) is 16.1. The summed E-state index contributed by atoms with van der Waals surface area (Å²) in [6.45, 7) is 5.65. The number of nitrogens with one attached hydrogen (secondary N) is 2. The predicted molar refractivity (Wildman–Crippen MR) is 93.4 cm³/mol. The molecule has 5 heteroatoms. The highest BCUT2D eigenvalue weighted by Crippen LogP contribution is 2.30. The van der Waals surface area contributed by atoms with Gasteiger partial charge in [0.2, 0.25) is 5.91 Å². The first-order valence-corrected chi connectivity index (χ1v) is 7.90.